The van der Waals surface area contributed by atoms with Gasteiger partial charge in [0, 0.05) is 12.8 Å². The third-order valence-electron chi connectivity index (χ3n) is 3.84. The topological polar surface area (TPSA) is 89.5 Å². The summed E-state index contributed by atoms with van der Waals surface area (Å²) >= 11 is 0. The number of halogens is 1. The van der Waals surface area contributed by atoms with Gasteiger partial charge in [-0.15, -0.1) is 0 Å². The average molecular weight is 393 g/mol. The largest absolute Gasteiger partial charge is 0.452 e. The Morgan fingerprint density at radius 1 is 1.11 bits per heavy atom. The lowest BCUT2D eigenvalue weighted by molar-refractivity contribution is -0.124. The molecule has 1 N–H and O–H groups in total. The van der Waals surface area contributed by atoms with E-state index in [9.17, 15) is 22.4 Å². The second kappa shape index (κ2) is 8.77. The van der Waals surface area contributed by atoms with Crippen LogP contribution in [0.1, 0.15) is 21.5 Å². The molecule has 0 aliphatic rings. The van der Waals surface area contributed by atoms with E-state index in [2.05, 4.69) is 5.32 Å². The standard InChI is InChI=1S/C19H20FNO5S/c1-13-3-8-16(27(2,24)25)11-17(13)19(23)26-12-18(22)21-10-9-14-4-6-15(20)7-5-14/h3-8,11H,9-10,12H2,1-2H3,(H,21,22). The van der Waals surface area contributed by atoms with E-state index in [1.54, 1.807) is 19.1 Å². The molecule has 0 aliphatic carbocycles. The highest BCUT2D eigenvalue weighted by atomic mass is 32.2. The van der Waals surface area contributed by atoms with Crippen molar-refractivity contribution in [2.75, 3.05) is 19.4 Å². The molecule has 0 aromatic heterocycles. The third kappa shape index (κ3) is 6.18. The molecule has 0 radical (unpaired) electrons. The molecule has 2 aromatic carbocycles. The summed E-state index contributed by atoms with van der Waals surface area (Å²) in [6.45, 7) is 1.47. The van der Waals surface area contributed by atoms with Crippen LogP contribution in [0.15, 0.2) is 47.4 Å². The molecule has 0 atom stereocenters. The summed E-state index contributed by atoms with van der Waals surface area (Å²) in [6.07, 6.45) is 1.55. The quantitative estimate of drug-likeness (QED) is 0.728. The summed E-state index contributed by atoms with van der Waals surface area (Å²) in [7, 11) is -3.46. The van der Waals surface area contributed by atoms with Crippen molar-refractivity contribution in [2.24, 2.45) is 0 Å². The van der Waals surface area contributed by atoms with Crippen molar-refractivity contribution in [3.05, 3.63) is 65.0 Å². The molecule has 0 bridgehead atoms. The maximum absolute atomic E-state index is 12.8. The molecule has 0 aliphatic heterocycles. The predicted molar refractivity (Wildman–Crippen MR) is 97.7 cm³/mol. The normalized spacial score (nSPS) is 11.1. The molecular weight excluding hydrogens is 373 g/mol. The first kappa shape index (κ1) is 20.6. The second-order valence-corrected chi connectivity index (χ2v) is 8.07. The summed E-state index contributed by atoms with van der Waals surface area (Å²) in [5, 5.41) is 2.60. The van der Waals surface area contributed by atoms with Gasteiger partial charge < -0.3 is 10.1 Å². The van der Waals surface area contributed by atoms with Crippen LogP contribution in [0.25, 0.3) is 0 Å². The van der Waals surface area contributed by atoms with Gasteiger partial charge in [0.25, 0.3) is 5.91 Å². The third-order valence-corrected chi connectivity index (χ3v) is 4.95. The Kier molecular flexibility index (Phi) is 6.68. The van der Waals surface area contributed by atoms with Gasteiger partial charge in [-0.25, -0.2) is 17.6 Å². The molecule has 0 saturated heterocycles. The van der Waals surface area contributed by atoms with E-state index in [1.807, 2.05) is 0 Å². The highest BCUT2D eigenvalue weighted by Crippen LogP contribution is 2.16. The molecule has 1 amide bonds. The van der Waals surface area contributed by atoms with E-state index >= 15 is 0 Å². The van der Waals surface area contributed by atoms with Crippen molar-refractivity contribution in [1.82, 2.24) is 5.32 Å². The van der Waals surface area contributed by atoms with E-state index in [0.29, 0.717) is 18.5 Å². The first-order chi connectivity index (χ1) is 12.7. The number of nitrogens with one attached hydrogen (secondary N) is 1. The molecule has 6 nitrogen and oxygen atoms in total. The lowest BCUT2D eigenvalue weighted by atomic mass is 10.1. The zero-order valence-corrected chi connectivity index (χ0v) is 15.8. The Labute approximate surface area is 157 Å². The molecule has 0 spiro atoms. The average Bonchev–Trinajstić information content (AvgIpc) is 2.60. The van der Waals surface area contributed by atoms with E-state index in [1.165, 1.54) is 30.3 Å². The number of ether oxygens (including phenoxy) is 1. The van der Waals surface area contributed by atoms with Gasteiger partial charge >= 0.3 is 5.97 Å². The minimum Gasteiger partial charge on any atom is -0.452 e. The van der Waals surface area contributed by atoms with Gasteiger partial charge in [0.05, 0.1) is 10.5 Å². The summed E-state index contributed by atoms with van der Waals surface area (Å²) < 4.78 is 41.0. The molecular formula is C19H20FNO5S. The van der Waals surface area contributed by atoms with Crippen LogP contribution in [-0.2, 0) is 25.8 Å². The number of benzene rings is 2. The summed E-state index contributed by atoms with van der Waals surface area (Å²) in [5.41, 5.74) is 1.50. The van der Waals surface area contributed by atoms with Gasteiger partial charge in [0.15, 0.2) is 16.4 Å². The van der Waals surface area contributed by atoms with Crippen LogP contribution in [-0.4, -0.2) is 39.7 Å². The first-order valence-corrected chi connectivity index (χ1v) is 10.0. The minimum absolute atomic E-state index is 0.00352. The molecule has 8 heteroatoms. The fraction of sp³-hybridized carbons (Fsp3) is 0.263. The van der Waals surface area contributed by atoms with Gasteiger partial charge in [-0.3, -0.25) is 4.79 Å². The smallest absolute Gasteiger partial charge is 0.338 e. The number of rotatable bonds is 7. The Balaban J connectivity index is 1.86. The minimum atomic E-state index is -3.46. The molecule has 2 aromatic rings. The van der Waals surface area contributed by atoms with Gasteiger partial charge in [-0.05, 0) is 48.7 Å². The van der Waals surface area contributed by atoms with Crippen molar-refractivity contribution >= 4 is 21.7 Å². The van der Waals surface area contributed by atoms with Crippen LogP contribution >= 0.6 is 0 Å². The monoisotopic (exact) mass is 393 g/mol. The molecule has 144 valence electrons. The van der Waals surface area contributed by atoms with Crippen molar-refractivity contribution < 1.29 is 27.1 Å². The highest BCUT2D eigenvalue weighted by molar-refractivity contribution is 7.90. The predicted octanol–water partition coefficient (Wildman–Crippen LogP) is 2.05. The van der Waals surface area contributed by atoms with E-state index in [-0.39, 0.29) is 16.3 Å². The van der Waals surface area contributed by atoms with Gasteiger partial charge in [-0.1, -0.05) is 18.2 Å². The Morgan fingerprint density at radius 2 is 1.78 bits per heavy atom. The van der Waals surface area contributed by atoms with Crippen molar-refractivity contribution in [1.29, 1.82) is 0 Å². The summed E-state index contributed by atoms with van der Waals surface area (Å²) in [4.78, 5) is 23.9. The number of aryl methyl sites for hydroxylation is 1. The Bertz CT molecular complexity index is 939. The number of amides is 1. The molecule has 0 saturated carbocycles. The van der Waals surface area contributed by atoms with E-state index in [4.69, 9.17) is 4.74 Å². The molecule has 0 heterocycles. The molecule has 0 fully saturated rings. The zero-order chi connectivity index (χ0) is 20.0. The summed E-state index contributed by atoms with van der Waals surface area (Å²) in [5.74, 6) is -1.58. The zero-order valence-electron chi connectivity index (χ0n) is 15.0. The number of esters is 1. The van der Waals surface area contributed by atoms with Gasteiger partial charge in [0.2, 0.25) is 0 Å². The van der Waals surface area contributed by atoms with E-state index in [0.717, 1.165) is 11.8 Å². The Morgan fingerprint density at radius 3 is 2.41 bits per heavy atom. The maximum atomic E-state index is 12.8. The number of carbonyl (C=O) groups is 2. The summed E-state index contributed by atoms with van der Waals surface area (Å²) in [6, 6.07) is 10.1. The van der Waals surface area contributed by atoms with Crippen molar-refractivity contribution in [3.8, 4) is 0 Å². The second-order valence-electron chi connectivity index (χ2n) is 6.05. The molecule has 2 rings (SSSR count). The Hall–Kier alpha value is -2.74. The van der Waals surface area contributed by atoms with Gasteiger partial charge in [-0.2, -0.15) is 0 Å². The SMILES string of the molecule is Cc1ccc(S(C)(=O)=O)cc1C(=O)OCC(=O)NCCc1ccc(F)cc1. The first-order valence-electron chi connectivity index (χ1n) is 8.16. The fourth-order valence-electron chi connectivity index (χ4n) is 2.31. The van der Waals surface area contributed by atoms with Crippen LogP contribution < -0.4 is 5.32 Å². The van der Waals surface area contributed by atoms with Crippen LogP contribution in [0.4, 0.5) is 4.39 Å². The van der Waals surface area contributed by atoms with Gasteiger partial charge in [0.1, 0.15) is 5.82 Å². The van der Waals surface area contributed by atoms with Crippen LogP contribution in [0.2, 0.25) is 0 Å². The number of sulfone groups is 1. The van der Waals surface area contributed by atoms with Crippen molar-refractivity contribution in [3.63, 3.8) is 0 Å². The van der Waals surface area contributed by atoms with Crippen LogP contribution in [0.5, 0.6) is 0 Å². The fourth-order valence-corrected chi connectivity index (χ4v) is 2.96. The van der Waals surface area contributed by atoms with Crippen molar-refractivity contribution in [2.45, 2.75) is 18.2 Å². The lowest BCUT2D eigenvalue weighted by Gasteiger charge is -2.09. The lowest BCUT2D eigenvalue weighted by Crippen LogP contribution is -2.30. The van der Waals surface area contributed by atoms with Crippen LogP contribution in [0.3, 0.4) is 0 Å². The highest BCUT2D eigenvalue weighted by Gasteiger charge is 2.16. The van der Waals surface area contributed by atoms with E-state index < -0.39 is 28.3 Å². The molecule has 27 heavy (non-hydrogen) atoms. The maximum Gasteiger partial charge on any atom is 0.338 e. The van der Waals surface area contributed by atoms with Crippen LogP contribution in [0, 0.1) is 12.7 Å². The number of carbonyl (C=O) groups excluding carboxylic acids is 2. The molecule has 0 unspecified atom stereocenters. The number of hydrogen-bond donors (Lipinski definition) is 1. The number of hydrogen-bond acceptors (Lipinski definition) is 5.